The first-order valence-electron chi connectivity index (χ1n) is 10.3. The van der Waals surface area contributed by atoms with Gasteiger partial charge in [0.1, 0.15) is 0 Å². The van der Waals surface area contributed by atoms with Crippen molar-refractivity contribution in [2.45, 2.75) is 64.9 Å². The fourth-order valence-corrected chi connectivity index (χ4v) is 9.73. The molecule has 4 rings (SSSR count). The van der Waals surface area contributed by atoms with Crippen molar-refractivity contribution in [1.29, 1.82) is 0 Å². The second-order valence-corrected chi connectivity index (χ2v) is 11.2. The number of allylic oxidation sites excluding steroid dienone is 1. The Bertz CT molecular complexity index is 644. The molecule has 0 unspecified atom stereocenters. The molecule has 0 radical (unpaired) electrons. The molecule has 4 heteroatoms. The molecule has 0 aromatic rings. The van der Waals surface area contributed by atoms with E-state index in [1.54, 1.807) is 0 Å². The molecule has 0 aliphatic heterocycles. The third kappa shape index (κ3) is 2.48. The number of carbonyl (C=O) groups is 1. The summed E-state index contributed by atoms with van der Waals surface area (Å²) in [5, 5.41) is 11.4. The number of aliphatic hydroxyl groups is 1. The van der Waals surface area contributed by atoms with Crippen LogP contribution in [0.4, 0.5) is 0 Å². The van der Waals surface area contributed by atoms with E-state index in [0.29, 0.717) is 47.7 Å². The second-order valence-electron chi connectivity index (χ2n) is 10.2. The first-order chi connectivity index (χ1) is 12.2. The van der Waals surface area contributed by atoms with Crippen LogP contribution in [0, 0.1) is 40.4 Å². The Morgan fingerprint density at radius 1 is 1.35 bits per heavy atom. The van der Waals surface area contributed by atoms with Crippen molar-refractivity contribution in [3.05, 3.63) is 11.6 Å². The molecule has 0 amide bonds. The lowest BCUT2D eigenvalue weighted by Crippen LogP contribution is -2.61. The molecule has 0 aromatic heterocycles. The number of rotatable bonds is 2. The van der Waals surface area contributed by atoms with Crippen molar-refractivity contribution in [2.75, 3.05) is 10.3 Å². The van der Waals surface area contributed by atoms with E-state index >= 15 is 0 Å². The van der Waals surface area contributed by atoms with Crippen LogP contribution in [-0.4, -0.2) is 26.8 Å². The van der Waals surface area contributed by atoms with Crippen LogP contribution in [0.5, 0.6) is 0 Å². The molecule has 8 atom stereocenters. The Morgan fingerprint density at radius 3 is 2.73 bits per heavy atom. The number of halogens is 2. The zero-order chi connectivity index (χ0) is 18.9. The lowest BCUT2D eigenvalue weighted by molar-refractivity contribution is -0.147. The first-order valence-corrected chi connectivity index (χ1v) is 12.3. The quantitative estimate of drug-likeness (QED) is 0.416. The topological polar surface area (TPSA) is 37.3 Å². The predicted molar refractivity (Wildman–Crippen MR) is 115 cm³/mol. The third-order valence-electron chi connectivity index (χ3n) is 9.07. The van der Waals surface area contributed by atoms with Gasteiger partial charge in [0.2, 0.25) is 0 Å². The van der Waals surface area contributed by atoms with Crippen molar-refractivity contribution >= 4 is 40.0 Å². The van der Waals surface area contributed by atoms with Crippen molar-refractivity contribution in [3.8, 4) is 0 Å². The zero-order valence-electron chi connectivity index (χ0n) is 16.2. The van der Waals surface area contributed by atoms with Gasteiger partial charge in [-0.05, 0) is 80.1 Å². The molecule has 2 nitrogen and oxygen atoms in total. The van der Waals surface area contributed by atoms with E-state index in [1.165, 1.54) is 5.57 Å². The summed E-state index contributed by atoms with van der Waals surface area (Å²) in [6.45, 7) is 6.88. The molecule has 26 heavy (non-hydrogen) atoms. The Balaban J connectivity index is 1.83. The lowest BCUT2D eigenvalue weighted by Gasteiger charge is -2.63. The van der Waals surface area contributed by atoms with Crippen molar-refractivity contribution in [2.24, 2.45) is 40.4 Å². The summed E-state index contributed by atoms with van der Waals surface area (Å²) in [5.41, 5.74) is 0.943. The molecule has 0 bridgehead atoms. The van der Waals surface area contributed by atoms with Crippen LogP contribution in [0.25, 0.3) is 0 Å². The molecule has 0 spiro atoms. The lowest BCUT2D eigenvalue weighted by atomic mass is 9.42. The maximum atomic E-state index is 12.1. The van der Waals surface area contributed by atoms with Gasteiger partial charge < -0.3 is 5.11 Å². The Labute approximate surface area is 176 Å². The maximum absolute atomic E-state index is 12.1. The van der Waals surface area contributed by atoms with Crippen LogP contribution in [0.2, 0.25) is 0 Å². The van der Waals surface area contributed by atoms with Crippen LogP contribution in [0.15, 0.2) is 11.6 Å². The van der Waals surface area contributed by atoms with Crippen LogP contribution in [0.3, 0.4) is 0 Å². The van der Waals surface area contributed by atoms with E-state index in [2.05, 4.69) is 43.4 Å². The molecular formula is C22H32ClIO2. The van der Waals surface area contributed by atoms with Crippen LogP contribution in [0.1, 0.15) is 59.3 Å². The fourth-order valence-electron chi connectivity index (χ4n) is 7.73. The SMILES string of the molecule is C[C@@H]1CC2=CC(=O)CC[C@]2(C)[C@H]2[C@@H](CCl)C[C@@]3(CI)[C@@H](CC[C@]3(C)O)[C@@H]21. The molecule has 0 aromatic carbocycles. The summed E-state index contributed by atoms with van der Waals surface area (Å²) in [7, 11) is 0. The van der Waals surface area contributed by atoms with E-state index in [-0.39, 0.29) is 10.8 Å². The molecular weight excluding hydrogens is 459 g/mol. The Morgan fingerprint density at radius 2 is 2.08 bits per heavy atom. The molecule has 1 N–H and O–H groups in total. The molecule has 3 fully saturated rings. The van der Waals surface area contributed by atoms with E-state index in [4.69, 9.17) is 11.6 Å². The van der Waals surface area contributed by atoms with Gasteiger partial charge in [-0.25, -0.2) is 0 Å². The first kappa shape index (κ1) is 19.7. The summed E-state index contributed by atoms with van der Waals surface area (Å²) in [4.78, 5) is 12.1. The summed E-state index contributed by atoms with van der Waals surface area (Å²) in [6, 6.07) is 0. The van der Waals surface area contributed by atoms with E-state index in [9.17, 15) is 9.90 Å². The maximum Gasteiger partial charge on any atom is 0.155 e. The minimum Gasteiger partial charge on any atom is -0.390 e. The fraction of sp³-hybridized carbons (Fsp3) is 0.864. The highest BCUT2D eigenvalue weighted by Gasteiger charge is 2.67. The third-order valence-corrected chi connectivity index (χ3v) is 10.8. The summed E-state index contributed by atoms with van der Waals surface area (Å²) in [5.74, 6) is 3.74. The van der Waals surface area contributed by atoms with Crippen molar-refractivity contribution in [3.63, 3.8) is 0 Å². The average molecular weight is 491 g/mol. The molecule has 0 saturated heterocycles. The smallest absolute Gasteiger partial charge is 0.155 e. The van der Waals surface area contributed by atoms with Crippen LogP contribution >= 0.6 is 34.2 Å². The van der Waals surface area contributed by atoms with Gasteiger partial charge in [0.25, 0.3) is 0 Å². The number of fused-ring (bicyclic) bond motifs is 5. The van der Waals surface area contributed by atoms with E-state index < -0.39 is 5.60 Å². The second kappa shape index (κ2) is 6.45. The number of carbonyl (C=O) groups excluding carboxylic acids is 1. The van der Waals surface area contributed by atoms with Gasteiger partial charge in [0.15, 0.2) is 5.78 Å². The van der Waals surface area contributed by atoms with Gasteiger partial charge in [-0.3, -0.25) is 4.79 Å². The molecule has 4 aliphatic rings. The highest BCUT2D eigenvalue weighted by Crippen LogP contribution is 2.70. The van der Waals surface area contributed by atoms with Crippen molar-refractivity contribution in [1.82, 2.24) is 0 Å². The number of hydrogen-bond donors (Lipinski definition) is 1. The zero-order valence-corrected chi connectivity index (χ0v) is 19.1. The number of ketones is 1. The van der Waals surface area contributed by atoms with Crippen molar-refractivity contribution < 1.29 is 9.90 Å². The van der Waals surface area contributed by atoms with Gasteiger partial charge in [0, 0.05) is 22.1 Å². The van der Waals surface area contributed by atoms with Gasteiger partial charge in [-0.2, -0.15) is 0 Å². The Hall–Kier alpha value is 0.390. The van der Waals surface area contributed by atoms with Crippen LogP contribution in [-0.2, 0) is 4.79 Å². The van der Waals surface area contributed by atoms with E-state index in [0.717, 1.165) is 36.5 Å². The minimum atomic E-state index is -0.576. The van der Waals surface area contributed by atoms with Gasteiger partial charge in [0.05, 0.1) is 5.60 Å². The standard InChI is InChI=1S/C22H32ClIO2/c1-13-8-15-9-16(25)4-6-20(15,2)19-14(11-23)10-22(12-24)17(18(13)19)5-7-21(22,3)26/h9,13-14,17-19,26H,4-8,10-12H2,1-3H3/t13-,14-,17+,18+,19+,20+,21+,22-/m1/s1. The molecule has 0 heterocycles. The highest BCUT2D eigenvalue weighted by atomic mass is 127. The number of alkyl halides is 2. The minimum absolute atomic E-state index is 0.00457. The van der Waals surface area contributed by atoms with Crippen LogP contribution < -0.4 is 0 Å². The summed E-state index contributed by atoms with van der Waals surface area (Å²) in [6.07, 6.45) is 7.81. The monoisotopic (exact) mass is 490 g/mol. The van der Waals surface area contributed by atoms with Gasteiger partial charge >= 0.3 is 0 Å². The van der Waals surface area contributed by atoms with E-state index in [1.807, 2.05) is 6.08 Å². The largest absolute Gasteiger partial charge is 0.390 e. The predicted octanol–water partition coefficient (Wildman–Crippen LogP) is 5.40. The summed E-state index contributed by atoms with van der Waals surface area (Å²) < 4.78 is 1.02. The van der Waals surface area contributed by atoms with Gasteiger partial charge in [-0.15, -0.1) is 11.6 Å². The normalized spacial score (nSPS) is 53.5. The molecule has 146 valence electrons. The molecule has 4 aliphatic carbocycles. The highest BCUT2D eigenvalue weighted by molar-refractivity contribution is 14.1. The molecule has 3 saturated carbocycles. The number of hydrogen-bond acceptors (Lipinski definition) is 2. The Kier molecular flexibility index (Phi) is 4.89. The average Bonchev–Trinajstić information content (AvgIpc) is 2.87. The van der Waals surface area contributed by atoms with Gasteiger partial charge in [-0.1, -0.05) is 42.0 Å². The summed E-state index contributed by atoms with van der Waals surface area (Å²) >= 11 is 9.12.